The van der Waals surface area contributed by atoms with Crippen LogP contribution in [0.15, 0.2) is 30.3 Å². The van der Waals surface area contributed by atoms with Crippen LogP contribution in [-0.4, -0.2) is 17.9 Å². The molecule has 0 aliphatic heterocycles. The van der Waals surface area contributed by atoms with Crippen molar-refractivity contribution < 1.29 is 20.4 Å². The predicted octanol–water partition coefficient (Wildman–Crippen LogP) is -1.62. The highest BCUT2D eigenvalue weighted by atomic mass is 16.4. The second-order valence-electron chi connectivity index (χ2n) is 3.13. The van der Waals surface area contributed by atoms with E-state index in [2.05, 4.69) is 11.1 Å². The molecule has 0 heterocycles. The van der Waals surface area contributed by atoms with E-state index < -0.39 is 12.0 Å². The van der Waals surface area contributed by atoms with Crippen LogP contribution in [0.2, 0.25) is 0 Å². The summed E-state index contributed by atoms with van der Waals surface area (Å²) >= 11 is 0. The van der Waals surface area contributed by atoms with Crippen LogP contribution in [0.3, 0.4) is 0 Å². The fourth-order valence-corrected chi connectivity index (χ4v) is 1.04. The number of para-hydroxylation sites is 1. The molecule has 5 nitrogen and oxygen atoms in total. The van der Waals surface area contributed by atoms with Crippen LogP contribution in [0.4, 0.5) is 5.69 Å². The fourth-order valence-electron chi connectivity index (χ4n) is 1.04. The molecule has 1 aromatic carbocycles. The van der Waals surface area contributed by atoms with Crippen LogP contribution in [0, 0.1) is 0 Å². The van der Waals surface area contributed by atoms with Crippen molar-refractivity contribution in [2.45, 2.75) is 12.5 Å². The van der Waals surface area contributed by atoms with Gasteiger partial charge in [0.1, 0.15) is 6.04 Å². The monoisotopic (exact) mass is 208 g/mol. The van der Waals surface area contributed by atoms with E-state index in [4.69, 9.17) is 0 Å². The molecule has 0 unspecified atom stereocenters. The van der Waals surface area contributed by atoms with E-state index in [9.17, 15) is 14.7 Å². The quantitative estimate of drug-likeness (QED) is 0.622. The molecule has 1 atom stereocenters. The average molecular weight is 208 g/mol. The molecule has 15 heavy (non-hydrogen) atoms. The smallest absolute Gasteiger partial charge is 0.230 e. The SMILES string of the molecule is [NH3+][C@@H](CC(=O)Nc1ccccc1)C(=O)[O-]. The number of carboxylic acids is 1. The van der Waals surface area contributed by atoms with E-state index in [-0.39, 0.29) is 12.3 Å². The standard InChI is InChI=1S/C10H12N2O3/c11-8(10(14)15)6-9(13)12-7-4-2-1-3-5-7/h1-5,8H,6,11H2,(H,12,13)(H,14,15)/t8-/m0/s1. The summed E-state index contributed by atoms with van der Waals surface area (Å²) in [6.45, 7) is 0. The van der Waals surface area contributed by atoms with Gasteiger partial charge in [-0.05, 0) is 12.1 Å². The third-order valence-corrected chi connectivity index (χ3v) is 1.82. The minimum absolute atomic E-state index is 0.183. The average Bonchev–Trinajstić information content (AvgIpc) is 2.18. The van der Waals surface area contributed by atoms with Crippen molar-refractivity contribution in [3.63, 3.8) is 0 Å². The Morgan fingerprint density at radius 1 is 1.33 bits per heavy atom. The van der Waals surface area contributed by atoms with E-state index >= 15 is 0 Å². The summed E-state index contributed by atoms with van der Waals surface area (Å²) < 4.78 is 0. The summed E-state index contributed by atoms with van der Waals surface area (Å²) in [6.07, 6.45) is -0.183. The zero-order valence-electron chi connectivity index (χ0n) is 8.10. The number of carboxylic acid groups (broad SMARTS) is 1. The summed E-state index contributed by atoms with van der Waals surface area (Å²) in [5.74, 6) is -1.70. The molecule has 0 aliphatic carbocycles. The van der Waals surface area contributed by atoms with Crippen molar-refractivity contribution in [1.29, 1.82) is 0 Å². The highest BCUT2D eigenvalue weighted by Crippen LogP contribution is 2.05. The highest BCUT2D eigenvalue weighted by Gasteiger charge is 2.13. The van der Waals surface area contributed by atoms with Crippen molar-refractivity contribution in [3.8, 4) is 0 Å². The molecule has 1 rings (SSSR count). The molecule has 0 saturated heterocycles. The van der Waals surface area contributed by atoms with Crippen LogP contribution in [0.25, 0.3) is 0 Å². The molecule has 0 saturated carbocycles. The lowest BCUT2D eigenvalue weighted by Crippen LogP contribution is -2.69. The minimum Gasteiger partial charge on any atom is -0.544 e. The number of anilines is 1. The molecule has 0 spiro atoms. The van der Waals surface area contributed by atoms with Gasteiger partial charge in [-0.25, -0.2) is 0 Å². The van der Waals surface area contributed by atoms with Gasteiger partial charge in [0.25, 0.3) is 0 Å². The molecule has 5 heteroatoms. The van der Waals surface area contributed by atoms with Crippen LogP contribution < -0.4 is 16.2 Å². The fraction of sp³-hybridized carbons (Fsp3) is 0.200. The zero-order chi connectivity index (χ0) is 11.3. The lowest BCUT2D eigenvalue weighted by Gasteiger charge is -2.09. The Labute approximate surface area is 86.9 Å². The first-order chi connectivity index (χ1) is 7.09. The second-order valence-corrected chi connectivity index (χ2v) is 3.13. The lowest BCUT2D eigenvalue weighted by atomic mass is 10.2. The molecule has 0 aliphatic rings. The Morgan fingerprint density at radius 3 is 2.47 bits per heavy atom. The molecule has 0 bridgehead atoms. The number of carbonyl (C=O) groups is 2. The number of amides is 1. The summed E-state index contributed by atoms with van der Waals surface area (Å²) in [5, 5.41) is 12.9. The number of nitrogens with one attached hydrogen (secondary N) is 1. The molecule has 0 radical (unpaired) electrons. The van der Waals surface area contributed by atoms with Gasteiger partial charge in [0.15, 0.2) is 0 Å². The molecule has 1 amide bonds. The third-order valence-electron chi connectivity index (χ3n) is 1.82. The number of aliphatic carboxylic acids is 1. The van der Waals surface area contributed by atoms with Gasteiger partial charge < -0.3 is 21.0 Å². The molecule has 0 fully saturated rings. The van der Waals surface area contributed by atoms with E-state index in [1.165, 1.54) is 0 Å². The summed E-state index contributed by atoms with van der Waals surface area (Å²) in [5.41, 5.74) is 3.93. The first kappa shape index (κ1) is 11.2. The van der Waals surface area contributed by atoms with Gasteiger partial charge in [0.05, 0.1) is 12.4 Å². The Hall–Kier alpha value is -1.88. The van der Waals surface area contributed by atoms with Gasteiger partial charge in [-0.15, -0.1) is 0 Å². The van der Waals surface area contributed by atoms with E-state index in [1.54, 1.807) is 24.3 Å². The predicted molar refractivity (Wildman–Crippen MR) is 51.4 cm³/mol. The number of hydrogen-bond acceptors (Lipinski definition) is 3. The van der Waals surface area contributed by atoms with E-state index in [0.717, 1.165) is 0 Å². The molecule has 80 valence electrons. The van der Waals surface area contributed by atoms with Crippen LogP contribution in [0.1, 0.15) is 6.42 Å². The summed E-state index contributed by atoms with van der Waals surface area (Å²) in [7, 11) is 0. The summed E-state index contributed by atoms with van der Waals surface area (Å²) in [6, 6.07) is 7.78. The van der Waals surface area contributed by atoms with Crippen molar-refractivity contribution in [1.82, 2.24) is 0 Å². The number of hydrogen-bond donors (Lipinski definition) is 2. The van der Waals surface area contributed by atoms with Crippen molar-refractivity contribution in [3.05, 3.63) is 30.3 Å². The Balaban J connectivity index is 2.47. The molecular weight excluding hydrogens is 196 g/mol. The molecular formula is C10H12N2O3. The zero-order valence-corrected chi connectivity index (χ0v) is 8.10. The van der Waals surface area contributed by atoms with Gasteiger partial charge >= 0.3 is 0 Å². The topological polar surface area (TPSA) is 96.9 Å². The first-order valence-electron chi connectivity index (χ1n) is 4.48. The maximum Gasteiger partial charge on any atom is 0.230 e. The van der Waals surface area contributed by atoms with Gasteiger partial charge in [-0.1, -0.05) is 18.2 Å². The van der Waals surface area contributed by atoms with E-state index in [0.29, 0.717) is 5.69 Å². The molecule has 0 aromatic heterocycles. The van der Waals surface area contributed by atoms with Gasteiger partial charge in [-0.2, -0.15) is 0 Å². The normalized spacial score (nSPS) is 11.8. The van der Waals surface area contributed by atoms with Gasteiger partial charge in [0, 0.05) is 5.69 Å². The van der Waals surface area contributed by atoms with Gasteiger partial charge in [0.2, 0.25) is 5.91 Å². The maximum atomic E-state index is 11.3. The van der Waals surface area contributed by atoms with Gasteiger partial charge in [-0.3, -0.25) is 4.79 Å². The number of quaternary nitrogens is 1. The lowest BCUT2D eigenvalue weighted by molar-refractivity contribution is -0.436. The van der Waals surface area contributed by atoms with Crippen molar-refractivity contribution in [2.24, 2.45) is 0 Å². The second kappa shape index (κ2) is 5.11. The Morgan fingerprint density at radius 2 is 1.93 bits per heavy atom. The van der Waals surface area contributed by atoms with Crippen molar-refractivity contribution >= 4 is 17.6 Å². The molecule has 4 N–H and O–H groups in total. The molecule has 1 aromatic rings. The van der Waals surface area contributed by atoms with E-state index in [1.807, 2.05) is 6.07 Å². The third kappa shape index (κ3) is 3.78. The Bertz CT molecular complexity index is 351. The Kier molecular flexibility index (Phi) is 3.82. The highest BCUT2D eigenvalue weighted by molar-refractivity contribution is 5.93. The van der Waals surface area contributed by atoms with Crippen molar-refractivity contribution in [2.75, 3.05) is 5.32 Å². The number of benzene rings is 1. The van der Waals surface area contributed by atoms with Crippen LogP contribution in [-0.2, 0) is 9.59 Å². The van der Waals surface area contributed by atoms with Crippen LogP contribution >= 0.6 is 0 Å². The number of rotatable bonds is 4. The minimum atomic E-state index is -1.32. The largest absolute Gasteiger partial charge is 0.544 e. The first-order valence-corrected chi connectivity index (χ1v) is 4.48. The van der Waals surface area contributed by atoms with Crippen LogP contribution in [0.5, 0.6) is 0 Å². The number of carbonyl (C=O) groups excluding carboxylic acids is 2. The summed E-state index contributed by atoms with van der Waals surface area (Å²) in [4.78, 5) is 21.6. The maximum absolute atomic E-state index is 11.3.